The lowest BCUT2D eigenvalue weighted by Gasteiger charge is -2.10. The fraction of sp³-hybridized carbons (Fsp3) is 0.300. The molecule has 76 valence electrons. The Balaban J connectivity index is 2.71. The van der Waals surface area contributed by atoms with Gasteiger partial charge in [0.25, 0.3) is 0 Å². The van der Waals surface area contributed by atoms with Gasteiger partial charge in [-0.25, -0.2) is 4.39 Å². The van der Waals surface area contributed by atoms with E-state index < -0.39 is 18.7 Å². The van der Waals surface area contributed by atoms with Crippen molar-refractivity contribution in [3.05, 3.63) is 29.8 Å². The summed E-state index contributed by atoms with van der Waals surface area (Å²) in [4.78, 5) is 10.5. The first-order chi connectivity index (χ1) is 6.63. The van der Waals surface area contributed by atoms with E-state index in [2.05, 4.69) is 5.32 Å². The summed E-state index contributed by atoms with van der Waals surface area (Å²) in [6, 6.07) is 5.96. The lowest BCUT2D eigenvalue weighted by molar-refractivity contribution is -0.137. The molecule has 1 aromatic rings. The molecule has 0 aliphatic rings. The second-order valence-electron chi connectivity index (χ2n) is 3.04. The zero-order valence-electron chi connectivity index (χ0n) is 7.83. The highest BCUT2D eigenvalue weighted by molar-refractivity contribution is 5.76. The first-order valence-electron chi connectivity index (χ1n) is 4.27. The Kier molecular flexibility index (Phi) is 3.45. The summed E-state index contributed by atoms with van der Waals surface area (Å²) in [5.74, 6) is -0.935. The van der Waals surface area contributed by atoms with Gasteiger partial charge in [-0.05, 0) is 24.6 Å². The third-order valence-electron chi connectivity index (χ3n) is 1.83. The number of benzene rings is 1. The first-order valence-corrected chi connectivity index (χ1v) is 4.27. The molecule has 0 aliphatic heterocycles. The molecule has 0 aromatic heterocycles. The van der Waals surface area contributed by atoms with Crippen LogP contribution in [-0.2, 0) is 11.5 Å². The Hall–Kier alpha value is -1.58. The van der Waals surface area contributed by atoms with Crippen molar-refractivity contribution in [2.75, 3.05) is 5.32 Å². The molecule has 3 nitrogen and oxygen atoms in total. The number of alkyl halides is 1. The zero-order valence-corrected chi connectivity index (χ0v) is 7.83. The molecule has 14 heavy (non-hydrogen) atoms. The summed E-state index contributed by atoms with van der Waals surface area (Å²) in [5, 5.41) is 11.4. The molecule has 0 fully saturated rings. The molecular weight excluding hydrogens is 185 g/mol. The van der Waals surface area contributed by atoms with Gasteiger partial charge in [0, 0.05) is 5.69 Å². The number of hydrogen-bond acceptors (Lipinski definition) is 2. The topological polar surface area (TPSA) is 49.3 Å². The maximum Gasteiger partial charge on any atom is 0.325 e. The first kappa shape index (κ1) is 10.5. The Bertz CT molecular complexity index is 328. The summed E-state index contributed by atoms with van der Waals surface area (Å²) in [7, 11) is 0. The Morgan fingerprint density at radius 3 is 2.93 bits per heavy atom. The van der Waals surface area contributed by atoms with E-state index >= 15 is 0 Å². The minimum atomic E-state index is -0.935. The molecule has 1 atom stereocenters. The van der Waals surface area contributed by atoms with Crippen molar-refractivity contribution in [1.29, 1.82) is 0 Å². The number of carbonyl (C=O) groups is 1. The van der Waals surface area contributed by atoms with E-state index in [4.69, 9.17) is 5.11 Å². The lowest BCUT2D eigenvalue weighted by atomic mass is 10.2. The fourth-order valence-corrected chi connectivity index (χ4v) is 1.06. The van der Waals surface area contributed by atoms with Crippen LogP contribution in [0.4, 0.5) is 10.1 Å². The predicted octanol–water partition coefficient (Wildman–Crippen LogP) is 2.04. The van der Waals surface area contributed by atoms with Gasteiger partial charge < -0.3 is 10.4 Å². The van der Waals surface area contributed by atoms with Gasteiger partial charge in [0.1, 0.15) is 12.7 Å². The number of aliphatic carboxylic acids is 1. The van der Waals surface area contributed by atoms with Crippen LogP contribution in [0.5, 0.6) is 0 Å². The van der Waals surface area contributed by atoms with E-state index in [1.165, 1.54) is 6.92 Å². The van der Waals surface area contributed by atoms with Crippen molar-refractivity contribution in [1.82, 2.24) is 0 Å². The van der Waals surface area contributed by atoms with Crippen LogP contribution >= 0.6 is 0 Å². The molecule has 1 aromatic carbocycles. The predicted molar refractivity (Wildman–Crippen MR) is 52.0 cm³/mol. The molecule has 0 spiro atoms. The van der Waals surface area contributed by atoms with E-state index in [0.717, 1.165) is 0 Å². The van der Waals surface area contributed by atoms with Gasteiger partial charge in [-0.15, -0.1) is 0 Å². The minimum Gasteiger partial charge on any atom is -0.480 e. The minimum absolute atomic E-state index is 0.535. The molecular formula is C10H12FNO2. The molecule has 0 saturated carbocycles. The van der Waals surface area contributed by atoms with E-state index in [1.54, 1.807) is 24.3 Å². The average Bonchev–Trinajstić information content (AvgIpc) is 2.18. The third kappa shape index (κ3) is 2.73. The monoisotopic (exact) mass is 197 g/mol. The van der Waals surface area contributed by atoms with Gasteiger partial charge in [-0.3, -0.25) is 4.79 Å². The molecule has 0 unspecified atom stereocenters. The summed E-state index contributed by atoms with van der Waals surface area (Å²) in [6.07, 6.45) is 0. The number of rotatable bonds is 4. The number of halogens is 1. The highest BCUT2D eigenvalue weighted by Gasteiger charge is 2.09. The third-order valence-corrected chi connectivity index (χ3v) is 1.83. The SMILES string of the molecule is C[C@H](Nc1cccc(CF)c1)C(=O)O. The van der Waals surface area contributed by atoms with Crippen LogP contribution in [0.1, 0.15) is 12.5 Å². The van der Waals surface area contributed by atoms with E-state index in [1.807, 2.05) is 0 Å². The largest absolute Gasteiger partial charge is 0.480 e. The molecule has 0 amide bonds. The van der Waals surface area contributed by atoms with Crippen molar-refractivity contribution < 1.29 is 14.3 Å². The molecule has 1 rings (SSSR count). The molecule has 2 N–H and O–H groups in total. The maximum absolute atomic E-state index is 12.3. The highest BCUT2D eigenvalue weighted by atomic mass is 19.1. The van der Waals surface area contributed by atoms with Crippen molar-refractivity contribution in [2.45, 2.75) is 19.6 Å². The van der Waals surface area contributed by atoms with Crippen molar-refractivity contribution in [3.63, 3.8) is 0 Å². The molecule has 0 saturated heterocycles. The van der Waals surface area contributed by atoms with Crippen LogP contribution in [0.2, 0.25) is 0 Å². The Labute approximate surface area is 81.6 Å². The fourth-order valence-electron chi connectivity index (χ4n) is 1.06. The second kappa shape index (κ2) is 4.60. The number of anilines is 1. The Morgan fingerprint density at radius 2 is 2.36 bits per heavy atom. The highest BCUT2D eigenvalue weighted by Crippen LogP contribution is 2.12. The number of carboxylic acid groups (broad SMARTS) is 1. The quantitative estimate of drug-likeness (QED) is 0.776. The number of hydrogen-bond donors (Lipinski definition) is 2. The summed E-state index contributed by atoms with van der Waals surface area (Å²) in [5.41, 5.74) is 1.16. The van der Waals surface area contributed by atoms with E-state index in [9.17, 15) is 9.18 Å². The maximum atomic E-state index is 12.3. The molecule has 0 heterocycles. The molecule has 0 radical (unpaired) electrons. The van der Waals surface area contributed by atoms with E-state index in [0.29, 0.717) is 11.3 Å². The summed E-state index contributed by atoms with van der Waals surface area (Å²) in [6.45, 7) is 0.988. The van der Waals surface area contributed by atoms with Crippen LogP contribution in [0, 0.1) is 0 Å². The van der Waals surface area contributed by atoms with Crippen LogP contribution < -0.4 is 5.32 Å². The number of carboxylic acids is 1. The van der Waals surface area contributed by atoms with Crippen molar-refractivity contribution >= 4 is 11.7 Å². The van der Waals surface area contributed by atoms with Crippen LogP contribution in [0.15, 0.2) is 24.3 Å². The lowest BCUT2D eigenvalue weighted by Crippen LogP contribution is -2.25. The summed E-state index contributed by atoms with van der Waals surface area (Å²) < 4.78 is 12.3. The second-order valence-corrected chi connectivity index (χ2v) is 3.04. The summed E-state index contributed by atoms with van der Waals surface area (Å²) >= 11 is 0. The standard InChI is InChI=1S/C10H12FNO2/c1-7(10(13)14)12-9-4-2-3-8(5-9)6-11/h2-5,7,12H,6H2,1H3,(H,13,14)/t7-/m0/s1. The van der Waals surface area contributed by atoms with Gasteiger partial charge in [-0.1, -0.05) is 12.1 Å². The van der Waals surface area contributed by atoms with Crippen LogP contribution in [-0.4, -0.2) is 17.1 Å². The van der Waals surface area contributed by atoms with E-state index in [-0.39, 0.29) is 0 Å². The van der Waals surface area contributed by atoms with Gasteiger partial charge in [0.05, 0.1) is 0 Å². The van der Waals surface area contributed by atoms with Gasteiger partial charge >= 0.3 is 5.97 Å². The zero-order chi connectivity index (χ0) is 10.6. The van der Waals surface area contributed by atoms with Crippen LogP contribution in [0.3, 0.4) is 0 Å². The normalized spacial score (nSPS) is 12.1. The Morgan fingerprint density at radius 1 is 1.64 bits per heavy atom. The average molecular weight is 197 g/mol. The van der Waals surface area contributed by atoms with Crippen molar-refractivity contribution in [3.8, 4) is 0 Å². The van der Waals surface area contributed by atoms with Gasteiger partial charge in [0.2, 0.25) is 0 Å². The smallest absolute Gasteiger partial charge is 0.325 e. The molecule has 4 heteroatoms. The van der Waals surface area contributed by atoms with Gasteiger partial charge in [0.15, 0.2) is 0 Å². The molecule has 0 bridgehead atoms. The molecule has 0 aliphatic carbocycles. The van der Waals surface area contributed by atoms with Crippen molar-refractivity contribution in [2.24, 2.45) is 0 Å². The van der Waals surface area contributed by atoms with Crippen LogP contribution in [0.25, 0.3) is 0 Å². The van der Waals surface area contributed by atoms with Gasteiger partial charge in [-0.2, -0.15) is 0 Å². The number of nitrogens with one attached hydrogen (secondary N) is 1.